The van der Waals surface area contributed by atoms with Crippen LogP contribution < -0.4 is 15.4 Å². The Hall–Kier alpha value is -3.66. The normalized spacial score (nSPS) is 16.7. The number of pyridine rings is 2. The summed E-state index contributed by atoms with van der Waals surface area (Å²) in [6, 6.07) is 9.00. The van der Waals surface area contributed by atoms with Crippen molar-refractivity contribution in [2.24, 2.45) is 0 Å². The molecule has 3 N–H and O–H groups in total. The van der Waals surface area contributed by atoms with Gasteiger partial charge in [0.15, 0.2) is 11.6 Å². The van der Waals surface area contributed by atoms with E-state index in [1.54, 1.807) is 24.4 Å². The third-order valence-electron chi connectivity index (χ3n) is 5.27. The number of hydrogen-bond donors (Lipinski definition) is 3. The van der Waals surface area contributed by atoms with Crippen LogP contribution in [0, 0.1) is 5.82 Å². The van der Waals surface area contributed by atoms with Crippen molar-refractivity contribution in [3.63, 3.8) is 0 Å². The number of hydrogen-bond acceptors (Lipinski definition) is 6. The highest BCUT2D eigenvalue weighted by atomic mass is 32.2. The fourth-order valence-electron chi connectivity index (χ4n) is 3.43. The van der Waals surface area contributed by atoms with Gasteiger partial charge in [-0.2, -0.15) is 0 Å². The molecule has 8 nitrogen and oxygen atoms in total. The molecule has 1 fully saturated rings. The van der Waals surface area contributed by atoms with Crippen molar-refractivity contribution in [3.05, 3.63) is 71.6 Å². The molecule has 2 aromatic heterocycles. The molecule has 1 atom stereocenters. The van der Waals surface area contributed by atoms with Crippen LogP contribution in [0.1, 0.15) is 39.8 Å². The first-order chi connectivity index (χ1) is 16.0. The van der Waals surface area contributed by atoms with Gasteiger partial charge >= 0.3 is 12.0 Å². The Labute approximate surface area is 192 Å². The topological polar surface area (TPSA) is 113 Å². The van der Waals surface area contributed by atoms with Gasteiger partial charge in [0.1, 0.15) is 5.75 Å². The predicted octanol–water partition coefficient (Wildman–Crippen LogP) is 4.78. The summed E-state index contributed by atoms with van der Waals surface area (Å²) < 4.78 is 20.5. The van der Waals surface area contributed by atoms with E-state index in [9.17, 15) is 14.0 Å². The lowest BCUT2D eigenvalue weighted by Gasteiger charge is -2.12. The first kappa shape index (κ1) is 21.2. The van der Waals surface area contributed by atoms with Crippen molar-refractivity contribution in [2.45, 2.75) is 35.4 Å². The van der Waals surface area contributed by atoms with Gasteiger partial charge in [0.05, 0.1) is 27.1 Å². The van der Waals surface area contributed by atoms with Gasteiger partial charge < -0.3 is 20.5 Å². The average molecular weight is 466 g/mol. The zero-order valence-corrected chi connectivity index (χ0v) is 18.1. The molecule has 1 aliphatic heterocycles. The monoisotopic (exact) mass is 466 g/mol. The number of carboxylic acid groups (broad SMARTS) is 1. The Balaban J connectivity index is 1.30. The summed E-state index contributed by atoms with van der Waals surface area (Å²) in [5.74, 6) is -1.12. The van der Waals surface area contributed by atoms with Crippen LogP contribution >= 0.6 is 11.8 Å². The lowest BCUT2D eigenvalue weighted by molar-refractivity contribution is 0.0696. The third-order valence-corrected chi connectivity index (χ3v) is 6.63. The minimum atomic E-state index is -1.03. The number of urea groups is 1. The number of anilines is 1. The quantitative estimate of drug-likeness (QED) is 0.479. The maximum absolute atomic E-state index is 14.7. The van der Waals surface area contributed by atoms with Gasteiger partial charge in [0.25, 0.3) is 0 Å². The molecule has 3 aromatic rings. The first-order valence-corrected chi connectivity index (χ1v) is 11.2. The van der Waals surface area contributed by atoms with Crippen molar-refractivity contribution in [1.82, 2.24) is 15.3 Å². The highest BCUT2D eigenvalue weighted by molar-refractivity contribution is 8.00. The fraction of sp³-hybridized carbons (Fsp3) is 0.217. The zero-order chi connectivity index (χ0) is 22.9. The largest absolute Gasteiger partial charge is 0.478 e. The molecular formula is C23H19FN4O4S. The summed E-state index contributed by atoms with van der Waals surface area (Å²) >= 11 is 1.49. The molecule has 0 radical (unpaired) electrons. The van der Waals surface area contributed by atoms with Crippen molar-refractivity contribution in [3.8, 4) is 11.5 Å². The number of ether oxygens (including phenoxy) is 1. The fourth-order valence-corrected chi connectivity index (χ4v) is 4.71. The number of rotatable bonds is 6. The van der Waals surface area contributed by atoms with Gasteiger partial charge in [0, 0.05) is 42.7 Å². The molecule has 33 heavy (non-hydrogen) atoms. The summed E-state index contributed by atoms with van der Waals surface area (Å²) in [6.45, 7) is 0. The maximum atomic E-state index is 14.7. The van der Waals surface area contributed by atoms with Crippen LogP contribution in [-0.4, -0.2) is 33.1 Å². The van der Waals surface area contributed by atoms with E-state index in [0.29, 0.717) is 17.9 Å². The summed E-state index contributed by atoms with van der Waals surface area (Å²) in [6.07, 6.45) is 5.47. The third kappa shape index (κ3) is 4.75. The van der Waals surface area contributed by atoms with Gasteiger partial charge in [-0.25, -0.2) is 14.0 Å². The predicted molar refractivity (Wildman–Crippen MR) is 119 cm³/mol. The van der Waals surface area contributed by atoms with Crippen LogP contribution in [0.25, 0.3) is 0 Å². The highest BCUT2D eigenvalue weighted by Crippen LogP contribution is 2.50. The molecule has 1 unspecified atom stereocenters. The minimum Gasteiger partial charge on any atom is -0.478 e. The van der Waals surface area contributed by atoms with Crippen molar-refractivity contribution >= 4 is 29.4 Å². The Morgan fingerprint density at radius 2 is 1.97 bits per heavy atom. The summed E-state index contributed by atoms with van der Waals surface area (Å²) in [4.78, 5) is 32.4. The Morgan fingerprint density at radius 1 is 1.12 bits per heavy atom. The number of halogens is 1. The number of nitrogens with one attached hydrogen (secondary N) is 2. The molecule has 5 rings (SSSR count). The number of carbonyl (C=O) groups is 2. The second kappa shape index (κ2) is 8.70. The van der Waals surface area contributed by atoms with Crippen LogP contribution in [0.15, 0.2) is 53.7 Å². The number of aromatic nitrogens is 2. The van der Waals surface area contributed by atoms with Crippen molar-refractivity contribution < 1.29 is 23.8 Å². The molecule has 2 amide bonds. The number of benzene rings is 1. The lowest BCUT2D eigenvalue weighted by atomic mass is 10.1. The van der Waals surface area contributed by atoms with E-state index >= 15 is 0 Å². The van der Waals surface area contributed by atoms with Gasteiger partial charge in [0.2, 0.25) is 0 Å². The molecule has 0 spiro atoms. The number of thioether (sulfide) groups is 1. The maximum Gasteiger partial charge on any atom is 0.337 e. The van der Waals surface area contributed by atoms with E-state index in [1.807, 2.05) is 0 Å². The van der Waals surface area contributed by atoms with E-state index in [0.717, 1.165) is 29.1 Å². The van der Waals surface area contributed by atoms with Gasteiger partial charge in [-0.05, 0) is 37.1 Å². The summed E-state index contributed by atoms with van der Waals surface area (Å²) in [7, 11) is 0. The molecular weight excluding hydrogens is 447 g/mol. The highest BCUT2D eigenvalue weighted by Gasteiger charge is 2.29. The Bertz CT molecular complexity index is 1230. The molecule has 0 saturated heterocycles. The standard InChI is InChI=1S/C23H19FN4O4S/c24-15-9-14(28-23(31)27-13-2-3-13)4-6-18(15)32-19-7-8-25-17-10-20(33-21(17)19)16-5-1-12(11-26-16)22(29)30/h1,4-9,11,13,20H,2-3,10H2,(H,29,30)(H2,27,28,31). The average Bonchev–Trinajstić information content (AvgIpc) is 3.49. The van der Waals surface area contributed by atoms with Gasteiger partial charge in [-0.3, -0.25) is 9.97 Å². The molecule has 1 aromatic carbocycles. The molecule has 168 valence electrons. The van der Waals surface area contributed by atoms with Crippen LogP contribution in [0.2, 0.25) is 0 Å². The SMILES string of the molecule is O=C(Nc1ccc(Oc2ccnc3c2SC(c2ccc(C(=O)O)cn2)C3)c(F)c1)NC1CC1. The van der Waals surface area contributed by atoms with Crippen LogP contribution in [0.3, 0.4) is 0 Å². The van der Waals surface area contributed by atoms with Crippen LogP contribution in [-0.2, 0) is 6.42 Å². The molecule has 1 aliphatic carbocycles. The summed E-state index contributed by atoms with van der Waals surface area (Å²) in [5, 5.41) is 14.4. The molecule has 10 heteroatoms. The number of amides is 2. The molecule has 2 aliphatic rings. The number of nitrogens with zero attached hydrogens (tertiary/aromatic N) is 2. The number of carboxylic acids is 1. The number of carbonyl (C=O) groups excluding carboxylic acids is 1. The van der Waals surface area contributed by atoms with Gasteiger partial charge in [-0.15, -0.1) is 11.8 Å². The second-order valence-electron chi connectivity index (χ2n) is 7.79. The molecule has 3 heterocycles. The number of aromatic carboxylic acids is 1. The van der Waals surface area contributed by atoms with E-state index in [4.69, 9.17) is 9.84 Å². The minimum absolute atomic E-state index is 0.0320. The van der Waals surface area contributed by atoms with E-state index < -0.39 is 11.8 Å². The van der Waals surface area contributed by atoms with Crippen molar-refractivity contribution in [1.29, 1.82) is 0 Å². The van der Waals surface area contributed by atoms with Crippen LogP contribution in [0.4, 0.5) is 14.9 Å². The second-order valence-corrected chi connectivity index (χ2v) is 9.01. The first-order valence-electron chi connectivity index (χ1n) is 10.3. The van der Waals surface area contributed by atoms with E-state index in [-0.39, 0.29) is 28.6 Å². The molecule has 0 bridgehead atoms. The smallest absolute Gasteiger partial charge is 0.337 e. The summed E-state index contributed by atoms with van der Waals surface area (Å²) in [5.41, 5.74) is 2.00. The van der Waals surface area contributed by atoms with Crippen LogP contribution in [0.5, 0.6) is 11.5 Å². The van der Waals surface area contributed by atoms with E-state index in [1.165, 1.54) is 36.2 Å². The number of fused-ring (bicyclic) bond motifs is 1. The van der Waals surface area contributed by atoms with E-state index in [2.05, 4.69) is 20.6 Å². The van der Waals surface area contributed by atoms with Crippen molar-refractivity contribution in [2.75, 3.05) is 5.32 Å². The van der Waals surface area contributed by atoms with Gasteiger partial charge in [-0.1, -0.05) is 0 Å². The molecule has 1 saturated carbocycles. The Kier molecular flexibility index (Phi) is 5.59. The zero-order valence-electron chi connectivity index (χ0n) is 17.2. The Morgan fingerprint density at radius 3 is 2.67 bits per heavy atom. The lowest BCUT2D eigenvalue weighted by Crippen LogP contribution is -2.30.